The second kappa shape index (κ2) is 15.3. The third-order valence-corrected chi connectivity index (χ3v) is 10.9. The van der Waals surface area contributed by atoms with Gasteiger partial charge in [0.25, 0.3) is 5.91 Å². The van der Waals surface area contributed by atoms with Crippen LogP contribution in [0.2, 0.25) is 0 Å². The van der Waals surface area contributed by atoms with E-state index in [2.05, 4.69) is 47.9 Å². The maximum atomic E-state index is 13.4. The molecule has 1 saturated carbocycles. The highest BCUT2D eigenvalue weighted by Crippen LogP contribution is 2.35. The number of hydrogen-bond acceptors (Lipinski definition) is 10. The molecule has 55 heavy (non-hydrogen) atoms. The number of anilines is 5. The summed E-state index contributed by atoms with van der Waals surface area (Å²) in [5, 5.41) is 4.12. The molecule has 1 N–H and O–H groups in total. The maximum Gasteiger partial charge on any atom is 0.331 e. The van der Waals surface area contributed by atoms with Crippen molar-refractivity contribution in [1.29, 1.82) is 0 Å². The van der Waals surface area contributed by atoms with E-state index >= 15 is 0 Å². The van der Waals surface area contributed by atoms with Crippen molar-refractivity contribution in [2.45, 2.75) is 44.7 Å². The largest absolute Gasteiger partial charge is 0.497 e. The maximum absolute atomic E-state index is 13.4. The minimum atomic E-state index is -0.307. The molecule has 0 atom stereocenters. The average Bonchev–Trinajstić information content (AvgIpc) is 3.88. The monoisotopic (exact) mass is 742 g/mol. The van der Waals surface area contributed by atoms with Crippen LogP contribution >= 0.6 is 0 Å². The number of piperazine rings is 1. The van der Waals surface area contributed by atoms with E-state index in [-0.39, 0.29) is 36.9 Å². The molecule has 1 aliphatic carbocycles. The summed E-state index contributed by atoms with van der Waals surface area (Å²) in [7, 11) is 5.16. The number of aromatic nitrogens is 4. The summed E-state index contributed by atoms with van der Waals surface area (Å²) in [5.41, 5.74) is 5.19. The second-order valence-corrected chi connectivity index (χ2v) is 14.5. The summed E-state index contributed by atoms with van der Waals surface area (Å²) < 4.78 is 7.34. The van der Waals surface area contributed by atoms with Crippen LogP contribution in [0, 0.1) is 0 Å². The molecule has 4 amide bonds. The molecule has 2 aliphatic heterocycles. The van der Waals surface area contributed by atoms with Gasteiger partial charge < -0.3 is 29.3 Å². The van der Waals surface area contributed by atoms with Gasteiger partial charge in [-0.05, 0) is 73.0 Å². The minimum absolute atomic E-state index is 0.0327. The molecular formula is C41H46N10O4. The van der Waals surface area contributed by atoms with Crippen molar-refractivity contribution >= 4 is 57.7 Å². The van der Waals surface area contributed by atoms with E-state index in [4.69, 9.17) is 9.72 Å². The zero-order valence-electron chi connectivity index (χ0n) is 31.5. The summed E-state index contributed by atoms with van der Waals surface area (Å²) >= 11 is 0. The molecule has 0 spiro atoms. The number of ether oxygens (including phenoxy) is 1. The molecule has 0 bridgehead atoms. The van der Waals surface area contributed by atoms with Crippen LogP contribution in [0.3, 0.4) is 0 Å². The molecule has 0 radical (unpaired) electrons. The van der Waals surface area contributed by atoms with Gasteiger partial charge in [-0.1, -0.05) is 25.0 Å². The first-order valence-electron chi connectivity index (χ1n) is 18.9. The lowest BCUT2D eigenvalue weighted by atomic mass is 10.1. The number of carbonyl (C=O) groups excluding carboxylic acids is 3. The van der Waals surface area contributed by atoms with Crippen LogP contribution < -0.4 is 24.8 Å². The molecule has 5 aromatic rings. The number of imide groups is 1. The number of pyridine rings is 1. The fourth-order valence-electron chi connectivity index (χ4n) is 7.82. The summed E-state index contributed by atoms with van der Waals surface area (Å²) in [6.07, 6.45) is 8.28. The number of methoxy groups -OCH3 is 1. The lowest BCUT2D eigenvalue weighted by Crippen LogP contribution is -2.52. The highest BCUT2D eigenvalue weighted by Gasteiger charge is 2.33. The third-order valence-electron chi connectivity index (χ3n) is 10.9. The van der Waals surface area contributed by atoms with E-state index < -0.39 is 0 Å². The van der Waals surface area contributed by atoms with Crippen molar-refractivity contribution in [3.05, 3.63) is 90.4 Å². The number of nitrogens with one attached hydrogen (secondary N) is 1. The molecule has 3 aromatic heterocycles. The molecule has 5 heterocycles. The lowest BCUT2D eigenvalue weighted by Gasteiger charge is -2.37. The predicted molar refractivity (Wildman–Crippen MR) is 212 cm³/mol. The van der Waals surface area contributed by atoms with Gasteiger partial charge in [-0.3, -0.25) is 19.4 Å². The van der Waals surface area contributed by atoms with Crippen molar-refractivity contribution in [3.8, 4) is 5.75 Å². The van der Waals surface area contributed by atoms with Gasteiger partial charge in [0.1, 0.15) is 22.9 Å². The standard InChI is InChI=1S/C41H46N10O4/c1-46(2)39(53)35-24-29-25-43-40(45-38(29)51(35)32-6-4-5-7-32)44-36-17-14-33(26-42-36)48-22-20-47(21-23-48)30-10-12-31(13-11-30)49-19-18-37(52)50(41(49)54)27-28-8-15-34(55-3)16-9-28/h8-17,24-26,32H,4-7,18-23,27H2,1-3H3,(H,42,43,44,45). The highest BCUT2D eigenvalue weighted by molar-refractivity contribution is 6.05. The Labute approximate surface area is 320 Å². The number of hydrogen-bond donors (Lipinski definition) is 1. The van der Waals surface area contributed by atoms with Crippen molar-refractivity contribution in [2.75, 3.05) is 73.9 Å². The van der Waals surface area contributed by atoms with Crippen LogP contribution in [0.15, 0.2) is 79.1 Å². The molecule has 8 rings (SSSR count). The van der Waals surface area contributed by atoms with E-state index in [1.807, 2.05) is 54.7 Å². The molecule has 3 aliphatic rings. The molecule has 2 saturated heterocycles. The van der Waals surface area contributed by atoms with Gasteiger partial charge in [0.2, 0.25) is 11.9 Å². The molecule has 0 unspecified atom stereocenters. The number of amides is 4. The zero-order valence-corrected chi connectivity index (χ0v) is 31.5. The Hall–Kier alpha value is -6.18. The number of benzene rings is 2. The van der Waals surface area contributed by atoms with Crippen LogP contribution in [0.4, 0.5) is 33.6 Å². The number of fused-ring (bicyclic) bond motifs is 1. The van der Waals surface area contributed by atoms with Gasteiger partial charge in [0.15, 0.2) is 0 Å². The summed E-state index contributed by atoms with van der Waals surface area (Å²) in [6.45, 7) is 3.90. The third kappa shape index (κ3) is 7.36. The van der Waals surface area contributed by atoms with Crippen LogP contribution in [0.1, 0.15) is 54.2 Å². The van der Waals surface area contributed by atoms with Gasteiger partial charge in [0.05, 0.1) is 25.5 Å². The molecule has 14 nitrogen and oxygen atoms in total. The van der Waals surface area contributed by atoms with Gasteiger partial charge in [-0.15, -0.1) is 0 Å². The zero-order chi connectivity index (χ0) is 38.1. The van der Waals surface area contributed by atoms with Crippen LogP contribution in [0.25, 0.3) is 11.0 Å². The molecular weight excluding hydrogens is 697 g/mol. The normalized spacial score (nSPS) is 16.6. The Bertz CT molecular complexity index is 2170. The first kappa shape index (κ1) is 35.8. The quantitative estimate of drug-likeness (QED) is 0.180. The van der Waals surface area contributed by atoms with Crippen LogP contribution in [-0.2, 0) is 11.3 Å². The topological polar surface area (TPSA) is 132 Å². The van der Waals surface area contributed by atoms with Crippen LogP contribution in [0.5, 0.6) is 5.75 Å². The Kier molecular flexibility index (Phi) is 9.96. The van der Waals surface area contributed by atoms with Crippen molar-refractivity contribution < 1.29 is 19.1 Å². The van der Waals surface area contributed by atoms with E-state index in [0.717, 1.165) is 91.3 Å². The first-order valence-corrected chi connectivity index (χ1v) is 18.9. The Morgan fingerprint density at radius 1 is 0.836 bits per heavy atom. The number of carbonyl (C=O) groups is 3. The van der Waals surface area contributed by atoms with Gasteiger partial charge in [-0.25, -0.2) is 14.8 Å². The Balaban J connectivity index is 0.876. The SMILES string of the molecule is COc1ccc(CN2C(=O)CCN(c3ccc(N4CCN(c5ccc(Nc6ncc7cc(C(=O)N(C)C)n(C8CCCC8)c7n6)nc5)CC4)cc3)C2=O)cc1. The van der Waals surface area contributed by atoms with E-state index in [1.165, 1.54) is 4.90 Å². The second-order valence-electron chi connectivity index (χ2n) is 14.5. The summed E-state index contributed by atoms with van der Waals surface area (Å²) in [6, 6.07) is 21.3. The molecule has 284 valence electrons. The van der Waals surface area contributed by atoms with Crippen molar-refractivity contribution in [1.82, 2.24) is 29.3 Å². The summed E-state index contributed by atoms with van der Waals surface area (Å²) in [5.74, 6) is 1.61. The lowest BCUT2D eigenvalue weighted by molar-refractivity contribution is -0.129. The first-order chi connectivity index (χ1) is 26.7. The Morgan fingerprint density at radius 2 is 1.51 bits per heavy atom. The molecule has 3 fully saturated rings. The highest BCUT2D eigenvalue weighted by atomic mass is 16.5. The molecule has 14 heteroatoms. The van der Waals surface area contributed by atoms with Gasteiger partial charge in [0, 0.05) is 82.2 Å². The Morgan fingerprint density at radius 3 is 2.16 bits per heavy atom. The number of nitrogens with zero attached hydrogens (tertiary/aromatic N) is 9. The smallest absolute Gasteiger partial charge is 0.331 e. The van der Waals surface area contributed by atoms with E-state index in [1.54, 1.807) is 37.2 Å². The van der Waals surface area contributed by atoms with Gasteiger partial charge >= 0.3 is 6.03 Å². The minimum Gasteiger partial charge on any atom is -0.497 e. The van der Waals surface area contributed by atoms with Gasteiger partial charge in [-0.2, -0.15) is 4.98 Å². The predicted octanol–water partition coefficient (Wildman–Crippen LogP) is 6.08. The van der Waals surface area contributed by atoms with Crippen LogP contribution in [-0.4, -0.2) is 101 Å². The fourth-order valence-corrected chi connectivity index (χ4v) is 7.82. The average molecular weight is 743 g/mol. The summed E-state index contributed by atoms with van der Waals surface area (Å²) in [4.78, 5) is 62.6. The van der Waals surface area contributed by atoms with E-state index in [9.17, 15) is 14.4 Å². The van der Waals surface area contributed by atoms with Crippen molar-refractivity contribution in [2.24, 2.45) is 0 Å². The number of rotatable bonds is 10. The fraction of sp³-hybridized carbons (Fsp3) is 0.366. The number of urea groups is 1. The van der Waals surface area contributed by atoms with E-state index in [0.29, 0.717) is 24.0 Å². The molecule has 2 aromatic carbocycles. The van der Waals surface area contributed by atoms with Crippen molar-refractivity contribution in [3.63, 3.8) is 0 Å².